The Morgan fingerprint density at radius 1 is 1.18 bits per heavy atom. The summed E-state index contributed by atoms with van der Waals surface area (Å²) in [5.74, 6) is 1.26. The van der Waals surface area contributed by atoms with E-state index in [0.717, 1.165) is 49.2 Å². The van der Waals surface area contributed by atoms with Gasteiger partial charge in [0.15, 0.2) is 0 Å². The highest BCUT2D eigenvalue weighted by atomic mass is 32.1. The number of hydrogen-bond acceptors (Lipinski definition) is 5. The summed E-state index contributed by atoms with van der Waals surface area (Å²) >= 11 is 1.62. The Hall–Kier alpha value is -3.19. The topological polar surface area (TPSA) is 62.7 Å². The van der Waals surface area contributed by atoms with E-state index in [9.17, 15) is 9.59 Å². The molecule has 4 rings (SSSR count). The lowest BCUT2D eigenvalue weighted by atomic mass is 9.84. The van der Waals surface area contributed by atoms with Gasteiger partial charge in [0.2, 0.25) is 5.91 Å². The highest BCUT2D eigenvalue weighted by Gasteiger charge is 2.33. The quantitative estimate of drug-likeness (QED) is 0.485. The van der Waals surface area contributed by atoms with E-state index in [4.69, 9.17) is 4.74 Å². The molecule has 3 heterocycles. The third kappa shape index (κ3) is 5.83. The van der Waals surface area contributed by atoms with E-state index in [1.165, 1.54) is 0 Å². The summed E-state index contributed by atoms with van der Waals surface area (Å²) in [5.41, 5.74) is 2.80. The molecule has 0 radical (unpaired) electrons. The number of rotatable bonds is 8. The molecule has 2 amide bonds. The number of benzene rings is 1. The normalized spacial score (nSPS) is 15.1. The Kier molecular flexibility index (Phi) is 7.95. The second-order valence-corrected chi connectivity index (χ2v) is 9.59. The molecule has 0 saturated carbocycles. The van der Waals surface area contributed by atoms with Crippen molar-refractivity contribution >= 4 is 23.2 Å². The van der Waals surface area contributed by atoms with Crippen LogP contribution in [-0.4, -0.2) is 59.9 Å². The molecule has 1 saturated heterocycles. The van der Waals surface area contributed by atoms with Crippen LogP contribution in [0.1, 0.15) is 34.3 Å². The van der Waals surface area contributed by atoms with Crippen LogP contribution in [0, 0.1) is 5.92 Å². The van der Waals surface area contributed by atoms with Crippen LogP contribution in [0.3, 0.4) is 0 Å². The van der Waals surface area contributed by atoms with Gasteiger partial charge in [0, 0.05) is 38.6 Å². The monoisotopic (exact) mass is 477 g/mol. The predicted molar refractivity (Wildman–Crippen MR) is 134 cm³/mol. The summed E-state index contributed by atoms with van der Waals surface area (Å²) < 4.78 is 5.41. The maximum absolute atomic E-state index is 13.3. The number of ether oxygens (including phenoxy) is 1. The van der Waals surface area contributed by atoms with Crippen LogP contribution in [0.25, 0.3) is 0 Å². The maximum atomic E-state index is 13.3. The van der Waals surface area contributed by atoms with Crippen LogP contribution in [0.5, 0.6) is 5.75 Å². The van der Waals surface area contributed by atoms with Gasteiger partial charge in [-0.2, -0.15) is 11.3 Å². The molecule has 0 bridgehead atoms. The molecule has 6 nitrogen and oxygen atoms in total. The molecule has 1 aliphatic heterocycles. The van der Waals surface area contributed by atoms with E-state index < -0.39 is 0 Å². The number of carbonyl (C=O) groups excluding carboxylic acids is 2. The molecule has 1 aromatic carbocycles. The van der Waals surface area contributed by atoms with Gasteiger partial charge in [0.05, 0.1) is 19.1 Å². The van der Waals surface area contributed by atoms with Crippen LogP contribution >= 0.6 is 11.3 Å². The van der Waals surface area contributed by atoms with Crippen molar-refractivity contribution in [2.75, 3.05) is 27.2 Å². The standard InChI is InChI=1S/C27H31N3O3S/c1-29(27(32)23-6-4-11-28-18-23)25(16-20-5-3-7-24(15-20)33-2)22-8-12-30(13-9-22)26(31)17-21-10-14-34-19-21/h3-7,10-11,14-15,18-19,22,25H,8-9,12-13,16-17H2,1-2H3/t25-/m1/s1. The lowest BCUT2D eigenvalue weighted by Gasteiger charge is -2.40. The average molecular weight is 478 g/mol. The number of carbonyl (C=O) groups is 2. The molecule has 0 spiro atoms. The number of likely N-dealkylation sites (N-methyl/N-ethyl adjacent to an activating group) is 1. The van der Waals surface area contributed by atoms with Gasteiger partial charge >= 0.3 is 0 Å². The first kappa shape index (κ1) is 24.0. The largest absolute Gasteiger partial charge is 0.497 e. The van der Waals surface area contributed by atoms with Gasteiger partial charge in [-0.1, -0.05) is 12.1 Å². The molecule has 1 aliphatic rings. The van der Waals surface area contributed by atoms with Crippen LogP contribution < -0.4 is 4.74 Å². The van der Waals surface area contributed by atoms with Crippen LogP contribution in [0.4, 0.5) is 0 Å². The lowest BCUT2D eigenvalue weighted by molar-refractivity contribution is -0.132. The van der Waals surface area contributed by atoms with Gasteiger partial charge in [-0.3, -0.25) is 14.6 Å². The Morgan fingerprint density at radius 2 is 2.00 bits per heavy atom. The highest BCUT2D eigenvalue weighted by molar-refractivity contribution is 7.08. The fourth-order valence-electron chi connectivity index (χ4n) is 4.72. The van der Waals surface area contributed by atoms with Crippen LogP contribution in [-0.2, 0) is 17.6 Å². The molecule has 2 aromatic heterocycles. The first-order chi connectivity index (χ1) is 16.5. The van der Waals surface area contributed by atoms with Crippen molar-refractivity contribution < 1.29 is 14.3 Å². The lowest BCUT2D eigenvalue weighted by Crippen LogP contribution is -2.48. The minimum Gasteiger partial charge on any atom is -0.497 e. The van der Waals surface area contributed by atoms with Crippen molar-refractivity contribution in [3.63, 3.8) is 0 Å². The SMILES string of the molecule is COc1cccc(C[C@H](C2CCN(C(=O)Cc3ccsc3)CC2)N(C)C(=O)c2cccnc2)c1. The number of aromatic nitrogens is 1. The summed E-state index contributed by atoms with van der Waals surface area (Å²) in [6.07, 6.45) is 6.22. The van der Waals surface area contributed by atoms with E-state index >= 15 is 0 Å². The van der Waals surface area contributed by atoms with Gasteiger partial charge in [0.1, 0.15) is 5.75 Å². The van der Waals surface area contributed by atoms with Crippen molar-refractivity contribution in [1.29, 1.82) is 0 Å². The number of nitrogens with zero attached hydrogens (tertiary/aromatic N) is 3. The molecular weight excluding hydrogens is 446 g/mol. The second-order valence-electron chi connectivity index (χ2n) is 8.81. The number of thiophene rings is 1. The maximum Gasteiger partial charge on any atom is 0.255 e. The molecule has 1 atom stereocenters. The van der Waals surface area contributed by atoms with E-state index in [2.05, 4.69) is 11.1 Å². The van der Waals surface area contributed by atoms with Gasteiger partial charge in [0.25, 0.3) is 5.91 Å². The van der Waals surface area contributed by atoms with Crippen molar-refractivity contribution in [2.24, 2.45) is 5.92 Å². The Morgan fingerprint density at radius 3 is 2.68 bits per heavy atom. The highest BCUT2D eigenvalue weighted by Crippen LogP contribution is 2.28. The summed E-state index contributed by atoms with van der Waals surface area (Å²) in [6.45, 7) is 1.44. The predicted octanol–water partition coefficient (Wildman–Crippen LogP) is 4.32. The van der Waals surface area contributed by atoms with Crippen LogP contribution in [0.2, 0.25) is 0 Å². The van der Waals surface area contributed by atoms with Gasteiger partial charge < -0.3 is 14.5 Å². The number of amides is 2. The van der Waals surface area contributed by atoms with Crippen molar-refractivity contribution in [2.45, 2.75) is 31.7 Å². The van der Waals surface area contributed by atoms with E-state index in [1.807, 2.05) is 51.9 Å². The molecule has 34 heavy (non-hydrogen) atoms. The van der Waals surface area contributed by atoms with Crippen molar-refractivity contribution in [3.8, 4) is 5.75 Å². The van der Waals surface area contributed by atoms with E-state index in [1.54, 1.807) is 43.0 Å². The molecular formula is C27H31N3O3S. The van der Waals surface area contributed by atoms with Crippen LogP contribution in [0.15, 0.2) is 65.6 Å². The molecule has 0 N–H and O–H groups in total. The van der Waals surface area contributed by atoms with E-state index in [0.29, 0.717) is 17.9 Å². The first-order valence-corrected chi connectivity index (χ1v) is 12.6. The van der Waals surface area contributed by atoms with Gasteiger partial charge in [-0.25, -0.2) is 0 Å². The Labute approximate surface area is 205 Å². The number of piperidine rings is 1. The summed E-state index contributed by atoms with van der Waals surface area (Å²) in [7, 11) is 3.55. The van der Waals surface area contributed by atoms with Crippen molar-refractivity contribution in [1.82, 2.24) is 14.8 Å². The third-order valence-electron chi connectivity index (χ3n) is 6.68. The number of hydrogen-bond donors (Lipinski definition) is 0. The smallest absolute Gasteiger partial charge is 0.255 e. The fraction of sp³-hybridized carbons (Fsp3) is 0.370. The second kappa shape index (κ2) is 11.3. The molecule has 0 unspecified atom stereocenters. The summed E-state index contributed by atoms with van der Waals surface area (Å²) in [4.78, 5) is 34.0. The molecule has 3 aromatic rings. The minimum atomic E-state index is -0.0306. The van der Waals surface area contributed by atoms with Gasteiger partial charge in [-0.15, -0.1) is 0 Å². The zero-order valence-electron chi connectivity index (χ0n) is 19.7. The zero-order valence-corrected chi connectivity index (χ0v) is 20.5. The first-order valence-electron chi connectivity index (χ1n) is 11.6. The third-order valence-corrected chi connectivity index (χ3v) is 7.41. The number of methoxy groups -OCH3 is 1. The van der Waals surface area contributed by atoms with E-state index in [-0.39, 0.29) is 17.9 Å². The van der Waals surface area contributed by atoms with Gasteiger partial charge in [-0.05, 0) is 77.4 Å². The molecule has 178 valence electrons. The molecule has 1 fully saturated rings. The minimum absolute atomic E-state index is 0.00828. The average Bonchev–Trinajstić information content (AvgIpc) is 3.40. The Bertz CT molecular complexity index is 1080. The molecule has 0 aliphatic carbocycles. The summed E-state index contributed by atoms with van der Waals surface area (Å²) in [6, 6.07) is 13.6. The Balaban J connectivity index is 1.48. The zero-order chi connectivity index (χ0) is 23.9. The summed E-state index contributed by atoms with van der Waals surface area (Å²) in [5, 5.41) is 4.04. The van der Waals surface area contributed by atoms with Crippen molar-refractivity contribution in [3.05, 3.63) is 82.3 Å². The molecule has 7 heteroatoms. The number of pyridine rings is 1. The number of likely N-dealkylation sites (tertiary alicyclic amines) is 1. The fourth-order valence-corrected chi connectivity index (χ4v) is 5.39.